The topological polar surface area (TPSA) is 93.7 Å². The zero-order chi connectivity index (χ0) is 27.8. The molecule has 0 fully saturated rings. The van der Waals surface area contributed by atoms with E-state index in [1.165, 1.54) is 24.3 Å². The average molecular weight is 586 g/mol. The van der Waals surface area contributed by atoms with Crippen molar-refractivity contribution in [1.29, 1.82) is 0 Å². The smallest absolute Gasteiger partial charge is 0.243 e. The summed E-state index contributed by atoms with van der Waals surface area (Å²) >= 11 is 12.4. The highest BCUT2D eigenvalue weighted by Crippen LogP contribution is 2.32. The highest BCUT2D eigenvalue weighted by Gasteiger charge is 2.27. The highest BCUT2D eigenvalue weighted by atomic mass is 35.5. The number of sulfonamides is 1. The molecule has 1 amide bonds. The number of anilines is 1. The lowest BCUT2D eigenvalue weighted by Crippen LogP contribution is -2.45. The van der Waals surface area contributed by atoms with E-state index in [1.807, 2.05) is 48.5 Å². The number of halogens is 2. The summed E-state index contributed by atoms with van der Waals surface area (Å²) in [6, 6.07) is 25.9. The zero-order valence-corrected chi connectivity index (χ0v) is 23.3. The van der Waals surface area contributed by atoms with Gasteiger partial charge in [0.15, 0.2) is 5.75 Å². The van der Waals surface area contributed by atoms with E-state index in [9.17, 15) is 13.2 Å². The summed E-state index contributed by atoms with van der Waals surface area (Å²) in [5.41, 5.74) is 1.05. The van der Waals surface area contributed by atoms with Gasteiger partial charge in [0.05, 0.1) is 22.2 Å². The van der Waals surface area contributed by atoms with Crippen LogP contribution in [0.1, 0.15) is 12.5 Å². The van der Waals surface area contributed by atoms with Crippen molar-refractivity contribution >= 4 is 44.8 Å². The van der Waals surface area contributed by atoms with Crippen LogP contribution in [0.25, 0.3) is 0 Å². The average Bonchev–Trinajstić information content (AvgIpc) is 2.92. The molecule has 4 rings (SSSR count). The molecule has 2 N–H and O–H groups in total. The minimum Gasteiger partial charge on any atom is -0.492 e. The van der Waals surface area contributed by atoms with Gasteiger partial charge in [0.25, 0.3) is 0 Å². The molecule has 39 heavy (non-hydrogen) atoms. The Morgan fingerprint density at radius 1 is 0.872 bits per heavy atom. The van der Waals surface area contributed by atoms with E-state index in [0.29, 0.717) is 28.9 Å². The van der Waals surface area contributed by atoms with Crippen molar-refractivity contribution < 1.29 is 22.7 Å². The molecule has 7 nitrogen and oxygen atoms in total. The van der Waals surface area contributed by atoms with Crippen LogP contribution in [-0.4, -0.2) is 27.0 Å². The van der Waals surface area contributed by atoms with Gasteiger partial charge in [0.1, 0.15) is 17.5 Å². The van der Waals surface area contributed by atoms with Crippen molar-refractivity contribution in [3.05, 3.63) is 113 Å². The van der Waals surface area contributed by atoms with E-state index in [4.69, 9.17) is 32.7 Å². The van der Waals surface area contributed by atoms with Crippen molar-refractivity contribution in [3.8, 4) is 17.2 Å². The Bertz CT molecular complexity index is 1530. The van der Waals surface area contributed by atoms with Crippen LogP contribution in [0.4, 0.5) is 5.69 Å². The van der Waals surface area contributed by atoms with Crippen molar-refractivity contribution in [2.45, 2.75) is 24.3 Å². The van der Waals surface area contributed by atoms with Crippen LogP contribution in [0.15, 0.2) is 102 Å². The van der Waals surface area contributed by atoms with Crippen LogP contribution in [0.5, 0.6) is 17.2 Å². The molecule has 0 aromatic heterocycles. The molecule has 10 heteroatoms. The minimum absolute atomic E-state index is 0.0894. The summed E-state index contributed by atoms with van der Waals surface area (Å²) in [6.07, 6.45) is 0.0894. The highest BCUT2D eigenvalue weighted by molar-refractivity contribution is 7.89. The summed E-state index contributed by atoms with van der Waals surface area (Å²) in [5.74, 6) is 0.672. The number of para-hydroxylation sites is 1. The molecule has 4 aromatic rings. The molecule has 0 aliphatic rings. The second kappa shape index (κ2) is 13.0. The van der Waals surface area contributed by atoms with Gasteiger partial charge in [-0.15, -0.1) is 0 Å². The summed E-state index contributed by atoms with van der Waals surface area (Å²) < 4.78 is 40.5. The molecular formula is C29H26Cl2N2O5S. The predicted octanol–water partition coefficient (Wildman–Crippen LogP) is 6.71. The summed E-state index contributed by atoms with van der Waals surface area (Å²) in [7, 11) is -4.15. The van der Waals surface area contributed by atoms with Gasteiger partial charge in [-0.05, 0) is 67.4 Å². The largest absolute Gasteiger partial charge is 0.492 e. The Hall–Kier alpha value is -3.56. The molecule has 0 radical (unpaired) electrons. The molecule has 0 spiro atoms. The van der Waals surface area contributed by atoms with E-state index in [1.54, 1.807) is 31.2 Å². The normalized spacial score (nSPS) is 12.0. The standard InChI is InChI=1S/C29H26Cl2N2O5S/c1-2-37-27-16-14-23(19-24(27)31)39(35,36)33-26(17-20-9-5-3-6-10-20)29(34)32-25-18-21(30)13-15-28(25)38-22-11-7-4-8-12-22/h3-16,18-19,26,33H,2,17H2,1H3,(H,32,34)/t26-/m1/s1. The van der Waals surface area contributed by atoms with E-state index >= 15 is 0 Å². The van der Waals surface area contributed by atoms with Gasteiger partial charge in [0, 0.05) is 5.02 Å². The van der Waals surface area contributed by atoms with E-state index in [0.717, 1.165) is 5.56 Å². The van der Waals surface area contributed by atoms with Crippen molar-refractivity contribution in [2.75, 3.05) is 11.9 Å². The van der Waals surface area contributed by atoms with Crippen LogP contribution < -0.4 is 19.5 Å². The fourth-order valence-corrected chi connectivity index (χ4v) is 5.43. The fraction of sp³-hybridized carbons (Fsp3) is 0.138. The quantitative estimate of drug-likeness (QED) is 0.204. The molecule has 0 saturated heterocycles. The van der Waals surface area contributed by atoms with Crippen LogP contribution in [0, 0.1) is 0 Å². The van der Waals surface area contributed by atoms with E-state index < -0.39 is 22.0 Å². The van der Waals surface area contributed by atoms with Crippen LogP contribution >= 0.6 is 23.2 Å². The molecular weight excluding hydrogens is 559 g/mol. The Balaban J connectivity index is 1.62. The lowest BCUT2D eigenvalue weighted by Gasteiger charge is -2.20. The van der Waals surface area contributed by atoms with Gasteiger partial charge < -0.3 is 14.8 Å². The molecule has 202 valence electrons. The Morgan fingerprint density at radius 3 is 2.21 bits per heavy atom. The van der Waals surface area contributed by atoms with Crippen molar-refractivity contribution in [3.63, 3.8) is 0 Å². The first-order chi connectivity index (χ1) is 18.7. The zero-order valence-electron chi connectivity index (χ0n) is 20.9. The van der Waals surface area contributed by atoms with E-state index in [-0.39, 0.29) is 22.0 Å². The minimum atomic E-state index is -4.15. The first-order valence-electron chi connectivity index (χ1n) is 12.1. The van der Waals surface area contributed by atoms with Gasteiger partial charge >= 0.3 is 0 Å². The molecule has 0 aliphatic heterocycles. The molecule has 1 atom stereocenters. The van der Waals surface area contributed by atoms with Crippen molar-refractivity contribution in [1.82, 2.24) is 4.72 Å². The lowest BCUT2D eigenvalue weighted by atomic mass is 10.1. The number of nitrogens with one attached hydrogen (secondary N) is 2. The number of hydrogen-bond acceptors (Lipinski definition) is 5. The maximum Gasteiger partial charge on any atom is 0.243 e. The third kappa shape index (κ3) is 7.74. The van der Waals surface area contributed by atoms with Gasteiger partial charge in [-0.25, -0.2) is 8.42 Å². The van der Waals surface area contributed by atoms with Crippen LogP contribution in [-0.2, 0) is 21.2 Å². The third-order valence-electron chi connectivity index (χ3n) is 5.58. The Kier molecular flexibility index (Phi) is 9.48. The second-order valence-electron chi connectivity index (χ2n) is 8.43. The SMILES string of the molecule is CCOc1ccc(S(=O)(=O)N[C@H](Cc2ccccc2)C(=O)Nc2cc(Cl)ccc2Oc2ccccc2)cc1Cl. The lowest BCUT2D eigenvalue weighted by molar-refractivity contribution is -0.117. The first-order valence-corrected chi connectivity index (χ1v) is 14.3. The third-order valence-corrected chi connectivity index (χ3v) is 7.58. The number of rotatable bonds is 11. The van der Waals surface area contributed by atoms with Crippen LogP contribution in [0.2, 0.25) is 10.0 Å². The fourth-order valence-electron chi connectivity index (χ4n) is 3.74. The van der Waals surface area contributed by atoms with Gasteiger partial charge in [-0.2, -0.15) is 4.72 Å². The predicted molar refractivity (Wildman–Crippen MR) is 153 cm³/mol. The van der Waals surface area contributed by atoms with Gasteiger partial charge in [-0.1, -0.05) is 71.7 Å². The Labute approximate surface area is 237 Å². The van der Waals surface area contributed by atoms with Gasteiger partial charge in [-0.3, -0.25) is 4.79 Å². The summed E-state index contributed by atoms with van der Waals surface area (Å²) in [6.45, 7) is 2.18. The van der Waals surface area contributed by atoms with E-state index in [2.05, 4.69) is 10.0 Å². The van der Waals surface area contributed by atoms with Crippen molar-refractivity contribution in [2.24, 2.45) is 0 Å². The number of benzene rings is 4. The molecule has 0 aliphatic carbocycles. The summed E-state index contributed by atoms with van der Waals surface area (Å²) in [4.78, 5) is 13.5. The number of amides is 1. The molecule has 0 bridgehead atoms. The maximum atomic E-state index is 13.6. The molecule has 0 saturated carbocycles. The second-order valence-corrected chi connectivity index (χ2v) is 11.0. The molecule has 4 aromatic carbocycles. The summed E-state index contributed by atoms with van der Waals surface area (Å²) in [5, 5.41) is 3.30. The van der Waals surface area contributed by atoms with Gasteiger partial charge in [0.2, 0.25) is 15.9 Å². The molecule has 0 heterocycles. The number of ether oxygens (including phenoxy) is 2. The monoisotopic (exact) mass is 584 g/mol. The number of carbonyl (C=O) groups is 1. The first kappa shape index (κ1) is 28.4. The van der Waals surface area contributed by atoms with Crippen LogP contribution in [0.3, 0.4) is 0 Å². The maximum absolute atomic E-state index is 13.6. The molecule has 0 unspecified atom stereocenters. The Morgan fingerprint density at radius 2 is 1.54 bits per heavy atom. The number of hydrogen-bond donors (Lipinski definition) is 2. The number of carbonyl (C=O) groups excluding carboxylic acids is 1.